The first kappa shape index (κ1) is 25.6. The van der Waals surface area contributed by atoms with Crippen molar-refractivity contribution in [1.82, 2.24) is 24.7 Å². The lowest BCUT2D eigenvalue weighted by Gasteiger charge is -2.39. The average Bonchev–Trinajstić information content (AvgIpc) is 3.25. The molecule has 0 spiro atoms. The highest BCUT2D eigenvalue weighted by atomic mass is 79.9. The molecular formula is C27H25BrF2N6S. The summed E-state index contributed by atoms with van der Waals surface area (Å²) < 4.78 is 30.3. The number of hydrogen-bond donors (Lipinski definition) is 1. The Kier molecular flexibility index (Phi) is 7.99. The van der Waals surface area contributed by atoms with Crippen molar-refractivity contribution in [1.29, 1.82) is 0 Å². The summed E-state index contributed by atoms with van der Waals surface area (Å²) in [5.41, 5.74) is 2.91. The Morgan fingerprint density at radius 1 is 0.892 bits per heavy atom. The molecule has 1 aliphatic heterocycles. The van der Waals surface area contributed by atoms with E-state index in [0.717, 1.165) is 53.2 Å². The molecule has 3 aromatic carbocycles. The van der Waals surface area contributed by atoms with E-state index < -0.39 is 0 Å². The van der Waals surface area contributed by atoms with Gasteiger partial charge in [-0.3, -0.25) is 14.9 Å². The first-order chi connectivity index (χ1) is 18.0. The molecule has 4 aromatic rings. The normalized spacial score (nSPS) is 15.1. The monoisotopic (exact) mass is 582 g/mol. The second kappa shape index (κ2) is 11.6. The number of piperazine rings is 1. The zero-order valence-electron chi connectivity index (χ0n) is 19.9. The van der Waals surface area contributed by atoms with Gasteiger partial charge in [0.15, 0.2) is 5.82 Å². The zero-order valence-corrected chi connectivity index (χ0v) is 22.3. The van der Waals surface area contributed by atoms with Crippen molar-refractivity contribution < 1.29 is 8.78 Å². The van der Waals surface area contributed by atoms with Gasteiger partial charge >= 0.3 is 0 Å². The maximum Gasteiger partial charge on any atom is 0.216 e. The van der Waals surface area contributed by atoms with E-state index in [1.165, 1.54) is 24.3 Å². The van der Waals surface area contributed by atoms with Gasteiger partial charge in [0.25, 0.3) is 0 Å². The molecule has 2 heterocycles. The summed E-state index contributed by atoms with van der Waals surface area (Å²) in [6.07, 6.45) is 1.76. The molecule has 6 nitrogen and oxygen atoms in total. The quantitative estimate of drug-likeness (QED) is 0.222. The summed E-state index contributed by atoms with van der Waals surface area (Å²) in [6.45, 7) is 3.76. The minimum Gasteiger partial charge on any atom is -0.293 e. The molecule has 10 heteroatoms. The molecule has 1 aliphatic rings. The summed E-state index contributed by atoms with van der Waals surface area (Å²) in [6, 6.07) is 20.9. The smallest absolute Gasteiger partial charge is 0.216 e. The van der Waals surface area contributed by atoms with Crippen LogP contribution >= 0.6 is 28.1 Å². The van der Waals surface area contributed by atoms with Gasteiger partial charge in [-0.1, -0.05) is 52.3 Å². The van der Waals surface area contributed by atoms with Crippen molar-refractivity contribution in [2.45, 2.75) is 12.6 Å². The Balaban J connectivity index is 1.29. The summed E-state index contributed by atoms with van der Waals surface area (Å²) in [5, 5.41) is 11.8. The van der Waals surface area contributed by atoms with Crippen LogP contribution in [0, 0.1) is 16.4 Å². The van der Waals surface area contributed by atoms with Crippen molar-refractivity contribution in [3.63, 3.8) is 0 Å². The van der Waals surface area contributed by atoms with Gasteiger partial charge in [-0.25, -0.2) is 8.78 Å². The molecular weight excluding hydrogens is 558 g/mol. The second-order valence-corrected chi connectivity index (χ2v) is 10.2. The number of hydrogen-bond acceptors (Lipinski definition) is 5. The molecule has 0 saturated carbocycles. The molecule has 1 fully saturated rings. The Labute approximate surface area is 227 Å². The molecule has 1 N–H and O–H groups in total. The van der Waals surface area contributed by atoms with Gasteiger partial charge in [0, 0.05) is 30.7 Å². The highest BCUT2D eigenvalue weighted by Gasteiger charge is 2.27. The molecule has 5 rings (SSSR count). The molecule has 1 saturated heterocycles. The van der Waals surface area contributed by atoms with Gasteiger partial charge in [0.1, 0.15) is 11.6 Å². The largest absolute Gasteiger partial charge is 0.293 e. The van der Waals surface area contributed by atoms with Crippen LogP contribution in [0.3, 0.4) is 0 Å². The van der Waals surface area contributed by atoms with Gasteiger partial charge < -0.3 is 0 Å². The van der Waals surface area contributed by atoms with Crippen molar-refractivity contribution in [3.05, 3.63) is 116 Å². The fourth-order valence-electron chi connectivity index (χ4n) is 4.50. The lowest BCUT2D eigenvalue weighted by atomic mass is 9.96. The van der Waals surface area contributed by atoms with Crippen molar-refractivity contribution >= 4 is 34.4 Å². The lowest BCUT2D eigenvalue weighted by Crippen LogP contribution is -2.47. The number of halogens is 3. The molecule has 0 aliphatic carbocycles. The third-order valence-corrected chi connectivity index (χ3v) is 7.21. The summed E-state index contributed by atoms with van der Waals surface area (Å²) in [5.74, 6) is 0.186. The van der Waals surface area contributed by atoms with E-state index in [9.17, 15) is 8.78 Å². The number of rotatable bonds is 7. The number of benzene rings is 3. The van der Waals surface area contributed by atoms with Crippen molar-refractivity contribution in [2.75, 3.05) is 26.2 Å². The standard InChI is InChI=1S/C27H25BrF2N6S/c28-22-7-1-19(2-8-22)17-31-36-25(32-33-27(36)37)18-34-13-15-35(16-14-34)26(20-3-9-23(29)10-4-20)21-5-11-24(30)12-6-21/h1-12,17,26H,13-16,18H2,(H,33,37)/b31-17+. The predicted molar refractivity (Wildman–Crippen MR) is 146 cm³/mol. The van der Waals surface area contributed by atoms with Crippen LogP contribution in [0.5, 0.6) is 0 Å². The van der Waals surface area contributed by atoms with Crippen LogP contribution in [0.15, 0.2) is 82.4 Å². The first-order valence-electron chi connectivity index (χ1n) is 11.9. The van der Waals surface area contributed by atoms with Crippen LogP contribution < -0.4 is 0 Å². The fourth-order valence-corrected chi connectivity index (χ4v) is 4.97. The molecule has 0 amide bonds. The van der Waals surface area contributed by atoms with Crippen LogP contribution in [0.1, 0.15) is 28.6 Å². The third-order valence-electron chi connectivity index (χ3n) is 6.42. The van der Waals surface area contributed by atoms with E-state index >= 15 is 0 Å². The topological polar surface area (TPSA) is 52.4 Å². The number of aromatic nitrogens is 3. The maximum atomic E-state index is 13.6. The van der Waals surface area contributed by atoms with Crippen LogP contribution in [0.4, 0.5) is 8.78 Å². The van der Waals surface area contributed by atoms with E-state index in [0.29, 0.717) is 11.3 Å². The number of H-pyrrole nitrogens is 1. The van der Waals surface area contributed by atoms with Gasteiger partial charge in [-0.2, -0.15) is 14.9 Å². The highest BCUT2D eigenvalue weighted by molar-refractivity contribution is 9.10. The van der Waals surface area contributed by atoms with E-state index in [1.54, 1.807) is 35.2 Å². The third kappa shape index (κ3) is 6.27. The van der Waals surface area contributed by atoms with Crippen molar-refractivity contribution in [3.8, 4) is 0 Å². The van der Waals surface area contributed by atoms with E-state index in [-0.39, 0.29) is 17.7 Å². The number of aromatic amines is 1. The summed E-state index contributed by atoms with van der Waals surface area (Å²) in [4.78, 5) is 4.65. The van der Waals surface area contributed by atoms with Gasteiger partial charge in [-0.05, 0) is 65.3 Å². The van der Waals surface area contributed by atoms with Crippen LogP contribution in [0.2, 0.25) is 0 Å². The molecule has 0 radical (unpaired) electrons. The lowest BCUT2D eigenvalue weighted by molar-refractivity contribution is 0.102. The zero-order chi connectivity index (χ0) is 25.8. The Morgan fingerprint density at radius 2 is 1.46 bits per heavy atom. The first-order valence-corrected chi connectivity index (χ1v) is 13.1. The van der Waals surface area contributed by atoms with E-state index in [1.807, 2.05) is 24.3 Å². The van der Waals surface area contributed by atoms with E-state index in [4.69, 9.17) is 12.2 Å². The van der Waals surface area contributed by atoms with Crippen LogP contribution in [-0.4, -0.2) is 57.1 Å². The van der Waals surface area contributed by atoms with Crippen LogP contribution in [0.25, 0.3) is 0 Å². The van der Waals surface area contributed by atoms with Gasteiger partial charge in [0.2, 0.25) is 4.77 Å². The van der Waals surface area contributed by atoms with Gasteiger partial charge in [0.05, 0.1) is 18.8 Å². The Bertz CT molecular complexity index is 1360. The highest BCUT2D eigenvalue weighted by Crippen LogP contribution is 2.30. The average molecular weight is 584 g/mol. The molecule has 0 unspecified atom stereocenters. The second-order valence-electron chi connectivity index (χ2n) is 8.87. The fraction of sp³-hybridized carbons (Fsp3) is 0.222. The minimum absolute atomic E-state index is 0.0894. The molecule has 37 heavy (non-hydrogen) atoms. The Hall–Kier alpha value is -3.05. The van der Waals surface area contributed by atoms with Crippen molar-refractivity contribution in [2.24, 2.45) is 5.10 Å². The number of nitrogens with zero attached hydrogens (tertiary/aromatic N) is 5. The Morgan fingerprint density at radius 3 is 2.03 bits per heavy atom. The molecule has 190 valence electrons. The number of nitrogens with one attached hydrogen (secondary N) is 1. The van der Waals surface area contributed by atoms with Crippen LogP contribution in [-0.2, 0) is 6.54 Å². The maximum absolute atomic E-state index is 13.6. The summed E-state index contributed by atoms with van der Waals surface area (Å²) in [7, 11) is 0. The van der Waals surface area contributed by atoms with Gasteiger partial charge in [-0.15, -0.1) is 0 Å². The molecule has 0 atom stereocenters. The predicted octanol–water partition coefficient (Wildman–Crippen LogP) is 5.77. The summed E-state index contributed by atoms with van der Waals surface area (Å²) >= 11 is 8.84. The SMILES string of the molecule is Fc1ccc(C(c2ccc(F)cc2)N2CCN(Cc3n[nH]c(=S)n3/N=C/c3ccc(Br)cc3)CC2)cc1. The molecule has 1 aromatic heterocycles. The minimum atomic E-state index is -0.275. The molecule has 0 bridgehead atoms. The van der Waals surface area contributed by atoms with E-state index in [2.05, 4.69) is 41.0 Å².